The molecule has 1 aromatic rings. The van der Waals surface area contributed by atoms with E-state index in [0.717, 1.165) is 17.7 Å². The van der Waals surface area contributed by atoms with Crippen molar-refractivity contribution in [2.45, 2.75) is 18.6 Å². The fourth-order valence-electron chi connectivity index (χ4n) is 3.64. The Balaban J connectivity index is 1.67. The molecule has 1 N–H and O–H groups in total. The standard InChI is InChI=1S/C16H15NO4/c18-15(17-8-7-9-3-1-2-4-10(9)17)13-11-5-6-12(21-11)14(13)16(19)20/h1-6,11-14H,7-8H2,(H,19,20)/t11-,12+,13-,14+/m1/s1. The van der Waals surface area contributed by atoms with Crippen LogP contribution in [0.4, 0.5) is 5.69 Å². The molecule has 4 rings (SSSR count). The van der Waals surface area contributed by atoms with E-state index in [-0.39, 0.29) is 5.91 Å². The molecule has 3 aliphatic rings. The number of carbonyl (C=O) groups excluding carboxylic acids is 1. The molecule has 0 aliphatic carbocycles. The minimum atomic E-state index is -0.960. The first-order chi connectivity index (χ1) is 10.2. The van der Waals surface area contributed by atoms with Crippen LogP contribution in [0.2, 0.25) is 0 Å². The molecule has 0 radical (unpaired) electrons. The van der Waals surface area contributed by atoms with Gasteiger partial charge in [-0.3, -0.25) is 9.59 Å². The van der Waals surface area contributed by atoms with Crippen molar-refractivity contribution in [2.75, 3.05) is 11.4 Å². The fraction of sp³-hybridized carbons (Fsp3) is 0.375. The summed E-state index contributed by atoms with van der Waals surface area (Å²) >= 11 is 0. The van der Waals surface area contributed by atoms with E-state index in [1.54, 1.807) is 11.0 Å². The van der Waals surface area contributed by atoms with Crippen molar-refractivity contribution in [3.8, 4) is 0 Å². The molecule has 4 atom stereocenters. The Bertz CT molecular complexity index is 653. The maximum Gasteiger partial charge on any atom is 0.310 e. The molecule has 5 nitrogen and oxygen atoms in total. The number of anilines is 1. The van der Waals surface area contributed by atoms with Gasteiger partial charge in [-0.25, -0.2) is 0 Å². The molecule has 21 heavy (non-hydrogen) atoms. The zero-order chi connectivity index (χ0) is 14.6. The van der Waals surface area contributed by atoms with Crippen LogP contribution in [0.1, 0.15) is 5.56 Å². The van der Waals surface area contributed by atoms with E-state index in [1.165, 1.54) is 0 Å². The first-order valence-electron chi connectivity index (χ1n) is 7.12. The summed E-state index contributed by atoms with van der Waals surface area (Å²) in [5.74, 6) is -2.49. The highest BCUT2D eigenvalue weighted by atomic mass is 16.5. The maximum absolute atomic E-state index is 12.9. The SMILES string of the molecule is O=C(O)[C@@H]1[C@H](C(=O)N2CCc3ccccc32)[C@H]2C=C[C@@H]1O2. The van der Waals surface area contributed by atoms with E-state index in [1.807, 2.05) is 30.3 Å². The molecule has 0 saturated carbocycles. The summed E-state index contributed by atoms with van der Waals surface area (Å²) in [4.78, 5) is 26.1. The number of carboxylic acid groups (broad SMARTS) is 1. The number of carbonyl (C=O) groups is 2. The number of hydrogen-bond donors (Lipinski definition) is 1. The van der Waals surface area contributed by atoms with Crippen molar-refractivity contribution in [3.63, 3.8) is 0 Å². The number of aliphatic carboxylic acids is 1. The van der Waals surface area contributed by atoms with E-state index in [4.69, 9.17) is 4.74 Å². The molecule has 5 heteroatoms. The van der Waals surface area contributed by atoms with Crippen molar-refractivity contribution in [1.29, 1.82) is 0 Å². The summed E-state index contributed by atoms with van der Waals surface area (Å²) < 4.78 is 5.59. The Morgan fingerprint density at radius 1 is 1.14 bits per heavy atom. The van der Waals surface area contributed by atoms with Gasteiger partial charge in [-0.1, -0.05) is 30.4 Å². The van der Waals surface area contributed by atoms with E-state index in [2.05, 4.69) is 0 Å². The summed E-state index contributed by atoms with van der Waals surface area (Å²) in [5.41, 5.74) is 2.04. The van der Waals surface area contributed by atoms with Crippen LogP contribution < -0.4 is 4.90 Å². The van der Waals surface area contributed by atoms with Gasteiger partial charge in [0.25, 0.3) is 0 Å². The van der Waals surface area contributed by atoms with Gasteiger partial charge < -0.3 is 14.7 Å². The van der Waals surface area contributed by atoms with Crippen LogP contribution in [0.5, 0.6) is 0 Å². The molecular weight excluding hydrogens is 270 g/mol. The van der Waals surface area contributed by atoms with E-state index in [9.17, 15) is 14.7 Å². The lowest BCUT2D eigenvalue weighted by Gasteiger charge is -2.26. The summed E-state index contributed by atoms with van der Waals surface area (Å²) in [6, 6.07) is 7.78. The molecule has 1 amide bonds. The van der Waals surface area contributed by atoms with Crippen molar-refractivity contribution in [1.82, 2.24) is 0 Å². The van der Waals surface area contributed by atoms with Crippen molar-refractivity contribution < 1.29 is 19.4 Å². The Kier molecular flexibility index (Phi) is 2.65. The molecule has 3 heterocycles. The molecule has 0 spiro atoms. The summed E-state index contributed by atoms with van der Waals surface area (Å²) in [5, 5.41) is 9.41. The van der Waals surface area contributed by atoms with Gasteiger partial charge in [0.15, 0.2) is 0 Å². The molecule has 0 aromatic heterocycles. The number of hydrogen-bond acceptors (Lipinski definition) is 3. The van der Waals surface area contributed by atoms with Gasteiger partial charge >= 0.3 is 5.97 Å². The fourth-order valence-corrected chi connectivity index (χ4v) is 3.64. The highest BCUT2D eigenvalue weighted by Gasteiger charge is 2.54. The third kappa shape index (κ3) is 1.74. The van der Waals surface area contributed by atoms with Crippen LogP contribution in [0.3, 0.4) is 0 Å². The van der Waals surface area contributed by atoms with Crippen molar-refractivity contribution >= 4 is 17.6 Å². The third-order valence-electron chi connectivity index (χ3n) is 4.62. The molecular formula is C16H15NO4. The van der Waals surface area contributed by atoms with Crippen LogP contribution in [0, 0.1) is 11.8 Å². The zero-order valence-corrected chi connectivity index (χ0v) is 11.3. The minimum absolute atomic E-state index is 0.135. The second-order valence-electron chi connectivity index (χ2n) is 5.71. The van der Waals surface area contributed by atoms with Gasteiger partial charge in [-0.05, 0) is 18.1 Å². The lowest BCUT2D eigenvalue weighted by Crippen LogP contribution is -2.44. The zero-order valence-electron chi connectivity index (χ0n) is 11.3. The molecule has 1 fully saturated rings. The lowest BCUT2D eigenvalue weighted by atomic mass is 9.82. The quantitative estimate of drug-likeness (QED) is 0.830. The van der Waals surface area contributed by atoms with E-state index in [0.29, 0.717) is 6.54 Å². The van der Waals surface area contributed by atoms with Crippen LogP contribution >= 0.6 is 0 Å². The molecule has 1 aromatic carbocycles. The second-order valence-corrected chi connectivity index (χ2v) is 5.71. The minimum Gasteiger partial charge on any atom is -0.481 e. The first kappa shape index (κ1) is 12.6. The summed E-state index contributed by atoms with van der Waals surface area (Å²) in [6.07, 6.45) is 3.51. The Hall–Kier alpha value is -2.14. The van der Waals surface area contributed by atoms with Gasteiger partial charge in [0.2, 0.25) is 5.91 Å². The highest BCUT2D eigenvalue weighted by molar-refractivity contribution is 6.00. The van der Waals surface area contributed by atoms with Gasteiger partial charge in [0.05, 0.1) is 18.1 Å². The molecule has 3 aliphatic heterocycles. The van der Waals surface area contributed by atoms with Gasteiger partial charge in [-0.15, -0.1) is 0 Å². The third-order valence-corrected chi connectivity index (χ3v) is 4.62. The normalized spacial score (nSPS) is 32.5. The number of carboxylic acids is 1. The Morgan fingerprint density at radius 2 is 1.86 bits per heavy atom. The van der Waals surface area contributed by atoms with Crippen LogP contribution in [0.25, 0.3) is 0 Å². The maximum atomic E-state index is 12.9. The van der Waals surface area contributed by atoms with E-state index < -0.39 is 30.0 Å². The van der Waals surface area contributed by atoms with Crippen LogP contribution in [0.15, 0.2) is 36.4 Å². The van der Waals surface area contributed by atoms with Crippen molar-refractivity contribution in [3.05, 3.63) is 42.0 Å². The largest absolute Gasteiger partial charge is 0.481 e. The first-order valence-corrected chi connectivity index (χ1v) is 7.12. The Labute approximate surface area is 121 Å². The predicted octanol–water partition coefficient (Wildman–Crippen LogP) is 1.23. The average molecular weight is 285 g/mol. The summed E-state index contributed by atoms with van der Waals surface area (Å²) in [6.45, 7) is 0.613. The topological polar surface area (TPSA) is 66.8 Å². The number of benzene rings is 1. The molecule has 108 valence electrons. The van der Waals surface area contributed by atoms with Gasteiger partial charge in [0, 0.05) is 12.2 Å². The lowest BCUT2D eigenvalue weighted by molar-refractivity contribution is -0.146. The van der Waals surface area contributed by atoms with E-state index >= 15 is 0 Å². The molecule has 0 unspecified atom stereocenters. The van der Waals surface area contributed by atoms with Gasteiger partial charge in [-0.2, -0.15) is 0 Å². The molecule has 2 bridgehead atoms. The van der Waals surface area contributed by atoms with Crippen molar-refractivity contribution in [2.24, 2.45) is 11.8 Å². The summed E-state index contributed by atoms with van der Waals surface area (Å²) in [7, 11) is 0. The highest BCUT2D eigenvalue weighted by Crippen LogP contribution is 2.42. The average Bonchev–Trinajstić information content (AvgIpc) is 3.19. The number of amides is 1. The monoisotopic (exact) mass is 285 g/mol. The molecule has 1 saturated heterocycles. The number of nitrogens with zero attached hydrogens (tertiary/aromatic N) is 1. The second kappa shape index (κ2) is 4.43. The van der Waals surface area contributed by atoms with Gasteiger partial charge in [0.1, 0.15) is 5.92 Å². The predicted molar refractivity (Wildman–Crippen MR) is 74.9 cm³/mol. The number of ether oxygens (including phenoxy) is 1. The smallest absolute Gasteiger partial charge is 0.310 e. The van der Waals surface area contributed by atoms with Crippen LogP contribution in [-0.4, -0.2) is 35.7 Å². The number of rotatable bonds is 2. The number of fused-ring (bicyclic) bond motifs is 3. The van der Waals surface area contributed by atoms with Crippen LogP contribution in [-0.2, 0) is 20.7 Å². The number of para-hydroxylation sites is 1. The Morgan fingerprint density at radius 3 is 2.62 bits per heavy atom.